The van der Waals surface area contributed by atoms with Gasteiger partial charge < -0.3 is 16.2 Å². The Bertz CT molecular complexity index is 753. The Morgan fingerprint density at radius 2 is 1.83 bits per heavy atom. The number of unbranched alkanes of at least 4 members (excludes halogenated alkanes) is 1. The Morgan fingerprint density at radius 3 is 2.46 bits per heavy atom. The SMILES string of the molecule is CCOC(=O)c1ccc(CCCCc2c(N)nc(N)[nH]c2=O)cc1. The average Bonchev–Trinajstić information content (AvgIpc) is 2.54. The van der Waals surface area contributed by atoms with E-state index in [0.29, 0.717) is 24.2 Å². The number of ether oxygens (including phenoxy) is 1. The predicted molar refractivity (Wildman–Crippen MR) is 92.7 cm³/mol. The molecule has 0 saturated heterocycles. The number of nitrogens with zero attached hydrogens (tertiary/aromatic N) is 1. The lowest BCUT2D eigenvalue weighted by Gasteiger charge is -2.06. The number of anilines is 2. The van der Waals surface area contributed by atoms with Crippen molar-refractivity contribution in [2.45, 2.75) is 32.6 Å². The zero-order valence-corrected chi connectivity index (χ0v) is 13.7. The zero-order chi connectivity index (χ0) is 17.5. The molecule has 0 atom stereocenters. The molecule has 0 aliphatic rings. The van der Waals surface area contributed by atoms with Crippen LogP contribution in [0.3, 0.4) is 0 Å². The van der Waals surface area contributed by atoms with E-state index in [9.17, 15) is 9.59 Å². The molecule has 7 nitrogen and oxygen atoms in total. The van der Waals surface area contributed by atoms with Gasteiger partial charge in [-0.3, -0.25) is 9.78 Å². The third-order valence-electron chi connectivity index (χ3n) is 3.67. The van der Waals surface area contributed by atoms with Crippen molar-refractivity contribution in [1.82, 2.24) is 9.97 Å². The molecular weight excluding hydrogens is 308 g/mol. The predicted octanol–water partition coefficient (Wildman–Crippen LogP) is 1.68. The third kappa shape index (κ3) is 4.58. The molecule has 7 heteroatoms. The van der Waals surface area contributed by atoms with Crippen LogP contribution in [-0.2, 0) is 17.6 Å². The number of carbonyl (C=O) groups is 1. The molecule has 0 spiro atoms. The minimum atomic E-state index is -0.311. The number of hydrogen-bond donors (Lipinski definition) is 3. The standard InChI is InChI=1S/C17H22N4O3/c1-2-24-16(23)12-9-7-11(8-10-12)5-3-4-6-13-14(18)20-17(19)21-15(13)22/h7-10H,2-6H2,1H3,(H5,18,19,20,21,22). The zero-order valence-electron chi connectivity index (χ0n) is 13.7. The molecule has 0 bridgehead atoms. The van der Waals surface area contributed by atoms with Crippen LogP contribution in [0.5, 0.6) is 0 Å². The molecular formula is C17H22N4O3. The van der Waals surface area contributed by atoms with Gasteiger partial charge in [0, 0.05) is 0 Å². The highest BCUT2D eigenvalue weighted by molar-refractivity contribution is 5.89. The van der Waals surface area contributed by atoms with E-state index in [0.717, 1.165) is 24.8 Å². The molecule has 0 aliphatic heterocycles. The van der Waals surface area contributed by atoms with Gasteiger partial charge in [-0.1, -0.05) is 12.1 Å². The van der Waals surface area contributed by atoms with Crippen molar-refractivity contribution in [3.05, 3.63) is 51.3 Å². The molecule has 0 saturated carbocycles. The normalized spacial score (nSPS) is 10.5. The lowest BCUT2D eigenvalue weighted by Crippen LogP contribution is -2.19. The monoisotopic (exact) mass is 330 g/mol. The van der Waals surface area contributed by atoms with Gasteiger partial charge in [0.05, 0.1) is 17.7 Å². The average molecular weight is 330 g/mol. The maximum Gasteiger partial charge on any atom is 0.338 e. The van der Waals surface area contributed by atoms with Crippen LogP contribution in [0.15, 0.2) is 29.1 Å². The first kappa shape index (κ1) is 17.5. The number of benzene rings is 1. The summed E-state index contributed by atoms with van der Waals surface area (Å²) in [6.45, 7) is 2.14. The first-order valence-corrected chi connectivity index (χ1v) is 7.91. The molecule has 0 radical (unpaired) electrons. The third-order valence-corrected chi connectivity index (χ3v) is 3.67. The molecule has 24 heavy (non-hydrogen) atoms. The van der Waals surface area contributed by atoms with Crippen LogP contribution in [-0.4, -0.2) is 22.5 Å². The van der Waals surface area contributed by atoms with Gasteiger partial charge in [0.2, 0.25) is 5.95 Å². The fourth-order valence-electron chi connectivity index (χ4n) is 2.43. The Labute approximate surface area is 140 Å². The van der Waals surface area contributed by atoms with E-state index in [4.69, 9.17) is 16.2 Å². The van der Waals surface area contributed by atoms with Gasteiger partial charge in [-0.2, -0.15) is 4.98 Å². The van der Waals surface area contributed by atoms with Gasteiger partial charge in [0.1, 0.15) is 5.82 Å². The number of rotatable bonds is 7. The number of nitrogens with two attached hydrogens (primary N) is 2. The van der Waals surface area contributed by atoms with Crippen LogP contribution in [0.1, 0.15) is 41.3 Å². The minimum Gasteiger partial charge on any atom is -0.462 e. The number of carbonyl (C=O) groups excluding carboxylic acids is 1. The second kappa shape index (κ2) is 8.14. The molecule has 2 rings (SSSR count). The highest BCUT2D eigenvalue weighted by atomic mass is 16.5. The Kier molecular flexibility index (Phi) is 5.95. The first-order valence-electron chi connectivity index (χ1n) is 7.91. The largest absolute Gasteiger partial charge is 0.462 e. The van der Waals surface area contributed by atoms with E-state index < -0.39 is 0 Å². The summed E-state index contributed by atoms with van der Waals surface area (Å²) >= 11 is 0. The molecule has 2 aromatic rings. The maximum absolute atomic E-state index is 11.8. The minimum absolute atomic E-state index is 0.0305. The number of aromatic amines is 1. The molecule has 5 N–H and O–H groups in total. The topological polar surface area (TPSA) is 124 Å². The fourth-order valence-corrected chi connectivity index (χ4v) is 2.43. The van der Waals surface area contributed by atoms with Crippen LogP contribution < -0.4 is 17.0 Å². The second-order valence-corrected chi connectivity index (χ2v) is 5.44. The van der Waals surface area contributed by atoms with E-state index in [-0.39, 0.29) is 23.3 Å². The Hall–Kier alpha value is -2.83. The number of hydrogen-bond acceptors (Lipinski definition) is 6. The van der Waals surface area contributed by atoms with Crippen LogP contribution in [0.2, 0.25) is 0 Å². The van der Waals surface area contributed by atoms with Gasteiger partial charge in [-0.05, 0) is 50.3 Å². The highest BCUT2D eigenvalue weighted by Gasteiger charge is 2.08. The summed E-state index contributed by atoms with van der Waals surface area (Å²) < 4.78 is 4.95. The molecule has 0 aliphatic carbocycles. The van der Waals surface area contributed by atoms with Gasteiger partial charge >= 0.3 is 5.97 Å². The number of nitrogen functional groups attached to an aromatic ring is 2. The summed E-state index contributed by atoms with van der Waals surface area (Å²) in [5.41, 5.74) is 13.0. The Morgan fingerprint density at radius 1 is 1.17 bits per heavy atom. The first-order chi connectivity index (χ1) is 11.5. The van der Waals surface area contributed by atoms with Crippen molar-refractivity contribution in [3.8, 4) is 0 Å². The summed E-state index contributed by atoms with van der Waals surface area (Å²) in [6, 6.07) is 7.36. The van der Waals surface area contributed by atoms with Crippen molar-refractivity contribution in [2.24, 2.45) is 0 Å². The quantitative estimate of drug-likeness (QED) is 0.524. The van der Waals surface area contributed by atoms with Gasteiger partial charge in [0.15, 0.2) is 0 Å². The van der Waals surface area contributed by atoms with E-state index >= 15 is 0 Å². The maximum atomic E-state index is 11.8. The number of nitrogens with one attached hydrogen (secondary N) is 1. The van der Waals surface area contributed by atoms with Gasteiger partial charge in [-0.15, -0.1) is 0 Å². The molecule has 1 heterocycles. The van der Waals surface area contributed by atoms with Crippen molar-refractivity contribution < 1.29 is 9.53 Å². The van der Waals surface area contributed by atoms with Crippen LogP contribution in [0.4, 0.5) is 11.8 Å². The fraction of sp³-hybridized carbons (Fsp3) is 0.353. The number of esters is 1. The van der Waals surface area contributed by atoms with Crippen LogP contribution >= 0.6 is 0 Å². The van der Waals surface area contributed by atoms with E-state index in [1.807, 2.05) is 12.1 Å². The smallest absolute Gasteiger partial charge is 0.338 e. The van der Waals surface area contributed by atoms with E-state index in [1.54, 1.807) is 19.1 Å². The van der Waals surface area contributed by atoms with Crippen molar-refractivity contribution >= 4 is 17.7 Å². The van der Waals surface area contributed by atoms with Gasteiger partial charge in [-0.25, -0.2) is 4.79 Å². The number of aryl methyl sites for hydroxylation is 1. The summed E-state index contributed by atoms with van der Waals surface area (Å²) in [6.07, 6.45) is 3.10. The highest BCUT2D eigenvalue weighted by Crippen LogP contribution is 2.12. The number of H-pyrrole nitrogens is 1. The summed E-state index contributed by atoms with van der Waals surface area (Å²) in [5.74, 6) is -0.0902. The number of aromatic nitrogens is 2. The molecule has 0 unspecified atom stereocenters. The molecule has 1 aromatic carbocycles. The molecule has 128 valence electrons. The second-order valence-electron chi connectivity index (χ2n) is 5.44. The molecule has 1 aromatic heterocycles. The summed E-state index contributed by atoms with van der Waals surface area (Å²) in [5, 5.41) is 0. The van der Waals surface area contributed by atoms with Crippen LogP contribution in [0, 0.1) is 0 Å². The lowest BCUT2D eigenvalue weighted by atomic mass is 10.0. The van der Waals surface area contributed by atoms with E-state index in [1.165, 1.54) is 0 Å². The molecule has 0 amide bonds. The summed E-state index contributed by atoms with van der Waals surface area (Å²) in [7, 11) is 0. The van der Waals surface area contributed by atoms with Crippen molar-refractivity contribution in [2.75, 3.05) is 18.1 Å². The molecule has 0 fully saturated rings. The lowest BCUT2D eigenvalue weighted by molar-refractivity contribution is 0.0526. The van der Waals surface area contributed by atoms with Crippen LogP contribution in [0.25, 0.3) is 0 Å². The summed E-state index contributed by atoms with van der Waals surface area (Å²) in [4.78, 5) is 29.7. The van der Waals surface area contributed by atoms with E-state index in [2.05, 4.69) is 9.97 Å². The Balaban J connectivity index is 1.85. The van der Waals surface area contributed by atoms with Gasteiger partial charge in [0.25, 0.3) is 5.56 Å². The van der Waals surface area contributed by atoms with Crippen molar-refractivity contribution in [3.63, 3.8) is 0 Å². The van der Waals surface area contributed by atoms with Crippen molar-refractivity contribution in [1.29, 1.82) is 0 Å².